The van der Waals surface area contributed by atoms with Crippen molar-refractivity contribution in [1.82, 2.24) is 4.98 Å². The first kappa shape index (κ1) is 20.5. The molecule has 1 aromatic heterocycles. The molecule has 158 valence electrons. The topological polar surface area (TPSA) is 48.4 Å². The second-order valence-corrected chi connectivity index (χ2v) is 6.62. The SMILES string of the molecule is Cc1c(OCc2c(F)c(F)c(F)c(F)c2F)ccc2c1O/C(=C\c1ccncc1)C2=O. The van der Waals surface area contributed by atoms with Crippen molar-refractivity contribution >= 4 is 11.9 Å². The van der Waals surface area contributed by atoms with E-state index in [-0.39, 0.29) is 28.6 Å². The molecule has 4 nitrogen and oxygen atoms in total. The Morgan fingerprint density at radius 3 is 2.19 bits per heavy atom. The molecule has 0 aliphatic carbocycles. The van der Waals surface area contributed by atoms with E-state index in [2.05, 4.69) is 4.98 Å². The average molecular weight is 433 g/mol. The summed E-state index contributed by atoms with van der Waals surface area (Å²) in [5.74, 6) is -10.4. The molecule has 0 unspecified atom stereocenters. The van der Waals surface area contributed by atoms with Crippen LogP contribution in [0, 0.1) is 36.0 Å². The van der Waals surface area contributed by atoms with Crippen LogP contribution in [0.25, 0.3) is 6.08 Å². The van der Waals surface area contributed by atoms with Crippen LogP contribution in [0.1, 0.15) is 27.0 Å². The van der Waals surface area contributed by atoms with E-state index in [0.717, 1.165) is 0 Å². The number of ether oxygens (including phenoxy) is 2. The minimum atomic E-state index is -2.24. The zero-order chi connectivity index (χ0) is 22.3. The highest BCUT2D eigenvalue weighted by Gasteiger charge is 2.31. The van der Waals surface area contributed by atoms with Gasteiger partial charge in [0.1, 0.15) is 18.1 Å². The van der Waals surface area contributed by atoms with E-state index in [1.807, 2.05) is 0 Å². The van der Waals surface area contributed by atoms with Crippen LogP contribution in [0.3, 0.4) is 0 Å². The summed E-state index contributed by atoms with van der Waals surface area (Å²) in [6.07, 6.45) is 4.63. The third-order valence-corrected chi connectivity index (χ3v) is 4.71. The molecule has 0 radical (unpaired) electrons. The number of rotatable bonds is 4. The van der Waals surface area contributed by atoms with Crippen LogP contribution in [0.15, 0.2) is 42.4 Å². The number of carbonyl (C=O) groups is 1. The lowest BCUT2D eigenvalue weighted by molar-refractivity contribution is 0.101. The Balaban J connectivity index is 1.62. The highest BCUT2D eigenvalue weighted by Crippen LogP contribution is 2.39. The van der Waals surface area contributed by atoms with Gasteiger partial charge >= 0.3 is 0 Å². The molecular weight excluding hydrogens is 421 g/mol. The number of nitrogens with zero attached hydrogens (tertiary/aromatic N) is 1. The van der Waals surface area contributed by atoms with Gasteiger partial charge in [0.05, 0.1) is 11.1 Å². The number of halogens is 5. The summed E-state index contributed by atoms with van der Waals surface area (Å²) in [5, 5.41) is 0. The van der Waals surface area contributed by atoms with Crippen molar-refractivity contribution in [3.63, 3.8) is 0 Å². The van der Waals surface area contributed by atoms with Crippen molar-refractivity contribution < 1.29 is 36.2 Å². The summed E-state index contributed by atoms with van der Waals surface area (Å²) in [4.78, 5) is 16.5. The molecule has 0 spiro atoms. The molecule has 4 rings (SSSR count). The Bertz CT molecular complexity index is 1210. The number of carbonyl (C=O) groups excluding carboxylic acids is 1. The number of pyridine rings is 1. The highest BCUT2D eigenvalue weighted by atomic mass is 19.2. The van der Waals surface area contributed by atoms with E-state index < -0.39 is 41.3 Å². The Hall–Kier alpha value is -3.75. The molecule has 3 aromatic rings. The lowest BCUT2D eigenvalue weighted by atomic mass is 10.1. The number of Topliss-reactive ketones (excluding diaryl/α,β-unsaturated/α-hetero) is 1. The normalized spacial score (nSPS) is 14.0. The van der Waals surface area contributed by atoms with E-state index in [0.29, 0.717) is 11.1 Å². The maximum Gasteiger partial charge on any atom is 0.231 e. The minimum absolute atomic E-state index is 0.0562. The van der Waals surface area contributed by atoms with Gasteiger partial charge in [0, 0.05) is 18.0 Å². The molecule has 2 heterocycles. The van der Waals surface area contributed by atoms with E-state index in [9.17, 15) is 26.7 Å². The first-order valence-electron chi connectivity index (χ1n) is 8.90. The summed E-state index contributed by atoms with van der Waals surface area (Å²) in [5.41, 5.74) is 0.160. The predicted octanol–water partition coefficient (Wildman–Crippen LogP) is 5.28. The van der Waals surface area contributed by atoms with Crippen molar-refractivity contribution in [3.8, 4) is 11.5 Å². The smallest absolute Gasteiger partial charge is 0.231 e. The molecular formula is C22H12F5NO3. The minimum Gasteiger partial charge on any atom is -0.488 e. The molecule has 0 saturated carbocycles. The van der Waals surface area contributed by atoms with E-state index in [4.69, 9.17) is 9.47 Å². The monoisotopic (exact) mass is 433 g/mol. The quantitative estimate of drug-likeness (QED) is 0.243. The van der Waals surface area contributed by atoms with Gasteiger partial charge in [0.25, 0.3) is 0 Å². The van der Waals surface area contributed by atoms with Gasteiger partial charge in [0.15, 0.2) is 29.0 Å². The number of benzene rings is 2. The summed E-state index contributed by atoms with van der Waals surface area (Å²) in [6, 6.07) is 6.11. The Labute approximate surface area is 172 Å². The zero-order valence-corrected chi connectivity index (χ0v) is 15.8. The first-order valence-corrected chi connectivity index (χ1v) is 8.90. The van der Waals surface area contributed by atoms with Crippen molar-refractivity contribution in [1.29, 1.82) is 0 Å². The Morgan fingerprint density at radius 1 is 0.935 bits per heavy atom. The van der Waals surface area contributed by atoms with Crippen LogP contribution in [0.2, 0.25) is 0 Å². The van der Waals surface area contributed by atoms with E-state index in [1.165, 1.54) is 25.1 Å². The molecule has 0 N–H and O–H groups in total. The van der Waals surface area contributed by atoms with Gasteiger partial charge in [-0.3, -0.25) is 9.78 Å². The number of hydrogen-bond donors (Lipinski definition) is 0. The number of ketones is 1. The zero-order valence-electron chi connectivity index (χ0n) is 15.8. The van der Waals surface area contributed by atoms with Gasteiger partial charge in [-0.25, -0.2) is 22.0 Å². The van der Waals surface area contributed by atoms with Crippen molar-refractivity contribution in [2.75, 3.05) is 0 Å². The first-order chi connectivity index (χ1) is 14.8. The molecule has 0 amide bonds. The maximum atomic E-state index is 13.9. The second-order valence-electron chi connectivity index (χ2n) is 6.62. The summed E-state index contributed by atoms with van der Waals surface area (Å²) in [6.45, 7) is 0.619. The summed E-state index contributed by atoms with van der Waals surface area (Å²) in [7, 11) is 0. The molecule has 0 atom stereocenters. The van der Waals surface area contributed by atoms with Crippen LogP contribution < -0.4 is 9.47 Å². The van der Waals surface area contributed by atoms with Crippen molar-refractivity contribution in [2.45, 2.75) is 13.5 Å². The molecule has 0 saturated heterocycles. The van der Waals surface area contributed by atoms with Crippen LogP contribution in [-0.2, 0) is 6.61 Å². The van der Waals surface area contributed by atoms with Gasteiger partial charge in [-0.05, 0) is 42.8 Å². The van der Waals surface area contributed by atoms with Crippen molar-refractivity contribution in [2.24, 2.45) is 0 Å². The standard InChI is InChI=1S/C22H12F5NO3/c1-10-14(30-9-13-16(23)18(25)20(27)19(26)17(13)24)3-2-12-21(29)15(31-22(10)12)8-11-4-6-28-7-5-11/h2-8H,9H2,1H3/b15-8-. The molecule has 0 bridgehead atoms. The van der Waals surface area contributed by atoms with Crippen LogP contribution in [-0.4, -0.2) is 10.8 Å². The average Bonchev–Trinajstić information content (AvgIpc) is 3.09. The maximum absolute atomic E-state index is 13.9. The lowest BCUT2D eigenvalue weighted by Crippen LogP contribution is -2.10. The Kier molecular flexibility index (Phi) is 5.18. The van der Waals surface area contributed by atoms with Crippen LogP contribution in [0.4, 0.5) is 22.0 Å². The van der Waals surface area contributed by atoms with Crippen LogP contribution >= 0.6 is 0 Å². The lowest BCUT2D eigenvalue weighted by Gasteiger charge is -2.13. The third kappa shape index (κ3) is 3.52. The molecule has 9 heteroatoms. The predicted molar refractivity (Wildman–Crippen MR) is 98.9 cm³/mol. The molecule has 2 aromatic carbocycles. The fourth-order valence-corrected chi connectivity index (χ4v) is 3.06. The molecule has 1 aliphatic rings. The summed E-state index contributed by atoms with van der Waals surface area (Å²) >= 11 is 0. The second kappa shape index (κ2) is 7.82. The van der Waals surface area contributed by atoms with Crippen LogP contribution in [0.5, 0.6) is 11.5 Å². The fraction of sp³-hybridized carbons (Fsp3) is 0.0909. The molecule has 0 fully saturated rings. The summed E-state index contributed by atoms with van der Waals surface area (Å²) < 4.78 is 78.6. The highest BCUT2D eigenvalue weighted by molar-refractivity contribution is 6.14. The molecule has 1 aliphatic heterocycles. The fourth-order valence-electron chi connectivity index (χ4n) is 3.06. The van der Waals surface area contributed by atoms with Gasteiger partial charge in [-0.1, -0.05) is 0 Å². The van der Waals surface area contributed by atoms with Gasteiger partial charge in [-0.15, -0.1) is 0 Å². The van der Waals surface area contributed by atoms with E-state index in [1.54, 1.807) is 24.5 Å². The largest absolute Gasteiger partial charge is 0.488 e. The van der Waals surface area contributed by atoms with Gasteiger partial charge in [0.2, 0.25) is 11.6 Å². The number of allylic oxidation sites excluding steroid dienone is 1. The number of hydrogen-bond acceptors (Lipinski definition) is 4. The third-order valence-electron chi connectivity index (χ3n) is 4.71. The Morgan fingerprint density at radius 2 is 1.55 bits per heavy atom. The van der Waals surface area contributed by atoms with Crippen molar-refractivity contribution in [3.05, 3.63) is 93.8 Å². The number of aromatic nitrogens is 1. The van der Waals surface area contributed by atoms with Gasteiger partial charge in [-0.2, -0.15) is 0 Å². The van der Waals surface area contributed by atoms with E-state index >= 15 is 0 Å². The number of fused-ring (bicyclic) bond motifs is 1. The molecule has 31 heavy (non-hydrogen) atoms. The van der Waals surface area contributed by atoms with Gasteiger partial charge < -0.3 is 9.47 Å².